The minimum atomic E-state index is -1.21. The molecule has 134 valence electrons. The molecule has 0 spiro atoms. The predicted molar refractivity (Wildman–Crippen MR) is 91.7 cm³/mol. The summed E-state index contributed by atoms with van der Waals surface area (Å²) in [4.78, 5) is 36.9. The van der Waals surface area contributed by atoms with Crippen LogP contribution in [0.15, 0.2) is 60.7 Å². The highest BCUT2D eigenvalue weighted by Crippen LogP contribution is 2.21. The molecule has 0 saturated carbocycles. The van der Waals surface area contributed by atoms with Gasteiger partial charge in [0.1, 0.15) is 6.61 Å². The van der Waals surface area contributed by atoms with Gasteiger partial charge in [-0.3, -0.25) is 4.79 Å². The summed E-state index contributed by atoms with van der Waals surface area (Å²) < 4.78 is 16.2. The Labute approximate surface area is 150 Å². The number of ether oxygens (including phenoxy) is 3. The number of rotatable bonds is 4. The van der Waals surface area contributed by atoms with Gasteiger partial charge in [-0.15, -0.1) is 0 Å². The van der Waals surface area contributed by atoms with Crippen LogP contribution < -0.4 is 0 Å². The van der Waals surface area contributed by atoms with Crippen molar-refractivity contribution < 1.29 is 28.6 Å². The largest absolute Gasteiger partial charge is 0.452 e. The Balaban J connectivity index is 1.77. The molecule has 26 heavy (non-hydrogen) atoms. The summed E-state index contributed by atoms with van der Waals surface area (Å²) in [6, 6.07) is 16.7. The van der Waals surface area contributed by atoms with Crippen molar-refractivity contribution in [2.24, 2.45) is 0 Å². The molecule has 0 aromatic heterocycles. The second-order valence-corrected chi connectivity index (χ2v) is 5.91. The Morgan fingerprint density at radius 2 is 1.38 bits per heavy atom. The van der Waals surface area contributed by atoms with E-state index in [0.29, 0.717) is 11.1 Å². The van der Waals surface area contributed by atoms with E-state index in [9.17, 15) is 14.4 Å². The van der Waals surface area contributed by atoms with Gasteiger partial charge in [-0.2, -0.15) is 0 Å². The zero-order valence-electron chi connectivity index (χ0n) is 14.2. The Bertz CT molecular complexity index is 786. The van der Waals surface area contributed by atoms with Crippen molar-refractivity contribution in [3.63, 3.8) is 0 Å². The van der Waals surface area contributed by atoms with Crippen LogP contribution in [0.5, 0.6) is 0 Å². The van der Waals surface area contributed by atoms with Crippen molar-refractivity contribution in [1.82, 2.24) is 0 Å². The van der Waals surface area contributed by atoms with Crippen molar-refractivity contribution in [2.45, 2.75) is 25.2 Å². The number of hydrogen-bond acceptors (Lipinski definition) is 6. The molecule has 6 heteroatoms. The van der Waals surface area contributed by atoms with Crippen LogP contribution in [0, 0.1) is 0 Å². The van der Waals surface area contributed by atoms with E-state index < -0.39 is 36.0 Å². The van der Waals surface area contributed by atoms with E-state index in [1.807, 2.05) is 0 Å². The normalized spacial score (nSPS) is 22.5. The Morgan fingerprint density at radius 1 is 0.885 bits per heavy atom. The van der Waals surface area contributed by atoms with E-state index in [-0.39, 0.29) is 6.61 Å². The minimum Gasteiger partial charge on any atom is -0.452 e. The topological polar surface area (TPSA) is 78.9 Å². The third-order valence-corrected chi connectivity index (χ3v) is 4.06. The molecule has 0 unspecified atom stereocenters. The highest BCUT2D eigenvalue weighted by Gasteiger charge is 2.43. The first-order valence-electron chi connectivity index (χ1n) is 8.22. The summed E-state index contributed by atoms with van der Waals surface area (Å²) in [5, 5.41) is 0. The smallest absolute Gasteiger partial charge is 0.338 e. The number of hydrogen-bond donors (Lipinski definition) is 0. The molecular weight excluding hydrogens is 336 g/mol. The van der Waals surface area contributed by atoms with Crippen LogP contribution in [0.3, 0.4) is 0 Å². The van der Waals surface area contributed by atoms with Crippen LogP contribution in [0.2, 0.25) is 0 Å². The minimum absolute atomic E-state index is 0.201. The van der Waals surface area contributed by atoms with Gasteiger partial charge in [-0.05, 0) is 31.2 Å². The fraction of sp³-hybridized carbons (Fsp3) is 0.250. The van der Waals surface area contributed by atoms with Gasteiger partial charge in [0.15, 0.2) is 6.10 Å². The van der Waals surface area contributed by atoms with Gasteiger partial charge in [0.25, 0.3) is 0 Å². The Morgan fingerprint density at radius 3 is 1.92 bits per heavy atom. The Hall–Kier alpha value is -2.99. The van der Waals surface area contributed by atoms with E-state index in [4.69, 9.17) is 14.2 Å². The molecular formula is C20H18O6. The van der Waals surface area contributed by atoms with Crippen molar-refractivity contribution in [1.29, 1.82) is 0 Å². The van der Waals surface area contributed by atoms with E-state index in [1.165, 1.54) is 0 Å². The molecule has 2 aromatic carbocycles. The average Bonchev–Trinajstić information content (AvgIpc) is 2.68. The summed E-state index contributed by atoms with van der Waals surface area (Å²) in [6.45, 7) is 1.46. The number of Topliss-reactive ketones (excluding diaryl/α,β-unsaturated/α-hetero) is 1. The second-order valence-electron chi connectivity index (χ2n) is 5.91. The molecule has 3 atom stereocenters. The van der Waals surface area contributed by atoms with Crippen LogP contribution in [-0.2, 0) is 19.0 Å². The van der Waals surface area contributed by atoms with Crippen LogP contribution >= 0.6 is 0 Å². The van der Waals surface area contributed by atoms with Crippen LogP contribution in [-0.4, -0.2) is 42.6 Å². The quantitative estimate of drug-likeness (QED) is 0.785. The van der Waals surface area contributed by atoms with Gasteiger partial charge < -0.3 is 14.2 Å². The molecule has 1 aliphatic heterocycles. The molecule has 2 aromatic rings. The summed E-state index contributed by atoms with van der Waals surface area (Å²) >= 11 is 0. The number of carbonyl (C=O) groups excluding carboxylic acids is 3. The van der Waals surface area contributed by atoms with Crippen LogP contribution in [0.1, 0.15) is 27.6 Å². The van der Waals surface area contributed by atoms with Crippen molar-refractivity contribution in [3.05, 3.63) is 71.8 Å². The zero-order valence-corrected chi connectivity index (χ0v) is 14.2. The molecule has 0 radical (unpaired) electrons. The van der Waals surface area contributed by atoms with Gasteiger partial charge >= 0.3 is 11.9 Å². The van der Waals surface area contributed by atoms with Gasteiger partial charge in [0.2, 0.25) is 11.9 Å². The molecule has 1 fully saturated rings. The fourth-order valence-corrected chi connectivity index (χ4v) is 2.63. The lowest BCUT2D eigenvalue weighted by Crippen LogP contribution is -2.53. The van der Waals surface area contributed by atoms with E-state index in [1.54, 1.807) is 67.6 Å². The average molecular weight is 354 g/mol. The third-order valence-electron chi connectivity index (χ3n) is 4.06. The van der Waals surface area contributed by atoms with Gasteiger partial charge in [0, 0.05) is 0 Å². The third kappa shape index (κ3) is 3.97. The lowest BCUT2D eigenvalue weighted by Gasteiger charge is -2.34. The maximum atomic E-state index is 12.3. The van der Waals surface area contributed by atoms with E-state index in [0.717, 1.165) is 0 Å². The molecule has 0 aliphatic carbocycles. The van der Waals surface area contributed by atoms with Gasteiger partial charge in [-0.1, -0.05) is 36.4 Å². The molecule has 0 amide bonds. The molecule has 0 bridgehead atoms. The maximum Gasteiger partial charge on any atom is 0.338 e. The van der Waals surface area contributed by atoms with Gasteiger partial charge in [-0.25, -0.2) is 9.59 Å². The van der Waals surface area contributed by atoms with Crippen molar-refractivity contribution >= 4 is 17.7 Å². The number of benzene rings is 2. The number of ketones is 1. The molecule has 3 rings (SSSR count). The van der Waals surface area contributed by atoms with E-state index in [2.05, 4.69) is 0 Å². The predicted octanol–water partition coefficient (Wildman–Crippen LogP) is 2.43. The maximum absolute atomic E-state index is 12.3. The first-order valence-corrected chi connectivity index (χ1v) is 8.22. The van der Waals surface area contributed by atoms with E-state index >= 15 is 0 Å². The molecule has 1 aliphatic rings. The lowest BCUT2D eigenvalue weighted by molar-refractivity contribution is -0.164. The van der Waals surface area contributed by atoms with Crippen molar-refractivity contribution in [2.75, 3.05) is 6.61 Å². The first-order chi connectivity index (χ1) is 12.6. The molecule has 1 heterocycles. The Kier molecular flexibility index (Phi) is 5.43. The molecule has 6 nitrogen and oxygen atoms in total. The standard InChI is InChI=1S/C20H18O6/c1-13-17(25-19(22)14-8-4-2-5-9-14)18(16(21)12-24-13)26-20(23)15-10-6-3-7-11-15/h2-11,13,17-18H,12H2,1H3/t13-,17-,18-/m0/s1. The molecule has 1 saturated heterocycles. The van der Waals surface area contributed by atoms with Crippen molar-refractivity contribution in [3.8, 4) is 0 Å². The SMILES string of the molecule is C[C@@H]1OCC(=O)[C@H](OC(=O)c2ccccc2)[C@H]1OC(=O)c1ccccc1. The number of esters is 2. The lowest BCUT2D eigenvalue weighted by atomic mass is 10.0. The van der Waals surface area contributed by atoms with Crippen LogP contribution in [0.25, 0.3) is 0 Å². The second kappa shape index (κ2) is 7.93. The molecule has 0 N–H and O–H groups in total. The fourth-order valence-electron chi connectivity index (χ4n) is 2.63. The van der Waals surface area contributed by atoms with Crippen LogP contribution in [0.4, 0.5) is 0 Å². The summed E-state index contributed by atoms with van der Waals surface area (Å²) in [5.74, 6) is -1.71. The number of carbonyl (C=O) groups is 3. The monoisotopic (exact) mass is 354 g/mol. The zero-order chi connectivity index (χ0) is 18.5. The summed E-state index contributed by atoms with van der Waals surface area (Å²) in [6.07, 6.45) is -2.82. The van der Waals surface area contributed by atoms with Gasteiger partial charge in [0.05, 0.1) is 17.2 Å². The highest BCUT2D eigenvalue weighted by atomic mass is 16.6. The summed E-state index contributed by atoms with van der Waals surface area (Å²) in [5.41, 5.74) is 0.651. The summed E-state index contributed by atoms with van der Waals surface area (Å²) in [7, 11) is 0. The highest BCUT2D eigenvalue weighted by molar-refractivity contribution is 5.94. The first kappa shape index (κ1) is 17.8.